The van der Waals surface area contributed by atoms with Crippen molar-refractivity contribution in [1.82, 2.24) is 9.38 Å². The molecule has 3 aromatic rings. The number of ketones is 3. The SMILES string of the molecule is CC(=O)c1c2c(n3ccccc13)C(=O)c1cccnc1C2=O. The number of carbonyl (C=O) groups is 3. The second kappa shape index (κ2) is 4.21. The summed E-state index contributed by atoms with van der Waals surface area (Å²) in [4.78, 5) is 41.6. The molecule has 3 aromatic heterocycles. The molecule has 0 spiro atoms. The Bertz CT molecular complexity index is 998. The van der Waals surface area contributed by atoms with Crippen molar-refractivity contribution in [3.8, 4) is 0 Å². The number of carbonyl (C=O) groups excluding carboxylic acids is 3. The van der Waals surface area contributed by atoms with E-state index in [0.717, 1.165) is 0 Å². The van der Waals surface area contributed by atoms with E-state index in [-0.39, 0.29) is 45.4 Å². The van der Waals surface area contributed by atoms with E-state index >= 15 is 0 Å². The first-order valence-electron chi connectivity index (χ1n) is 6.79. The summed E-state index contributed by atoms with van der Waals surface area (Å²) >= 11 is 0. The van der Waals surface area contributed by atoms with Crippen LogP contribution in [0.3, 0.4) is 0 Å². The van der Waals surface area contributed by atoms with Crippen LogP contribution >= 0.6 is 0 Å². The van der Waals surface area contributed by atoms with Gasteiger partial charge in [0.05, 0.1) is 22.2 Å². The van der Waals surface area contributed by atoms with Gasteiger partial charge in [-0.3, -0.25) is 19.4 Å². The third-order valence-electron chi connectivity index (χ3n) is 3.91. The number of hydrogen-bond donors (Lipinski definition) is 0. The molecule has 0 fully saturated rings. The van der Waals surface area contributed by atoms with Crippen molar-refractivity contribution in [3.63, 3.8) is 0 Å². The maximum atomic E-state index is 12.8. The highest BCUT2D eigenvalue weighted by atomic mass is 16.1. The van der Waals surface area contributed by atoms with Crippen LogP contribution < -0.4 is 0 Å². The highest BCUT2D eigenvalue weighted by Gasteiger charge is 2.37. The molecule has 0 aliphatic heterocycles. The zero-order chi connectivity index (χ0) is 15.4. The Morgan fingerprint density at radius 1 is 1.09 bits per heavy atom. The zero-order valence-electron chi connectivity index (χ0n) is 11.7. The van der Waals surface area contributed by atoms with Gasteiger partial charge in [0.2, 0.25) is 11.6 Å². The molecular formula is C17H10N2O3. The molecule has 0 amide bonds. The highest BCUT2D eigenvalue weighted by molar-refractivity contribution is 6.31. The third-order valence-corrected chi connectivity index (χ3v) is 3.91. The van der Waals surface area contributed by atoms with Gasteiger partial charge < -0.3 is 4.40 Å². The van der Waals surface area contributed by atoms with E-state index in [4.69, 9.17) is 0 Å². The molecule has 0 unspecified atom stereocenters. The van der Waals surface area contributed by atoms with Crippen molar-refractivity contribution in [1.29, 1.82) is 0 Å². The minimum absolute atomic E-state index is 0.110. The largest absolute Gasteiger partial charge is 0.312 e. The summed E-state index contributed by atoms with van der Waals surface area (Å²) in [5.41, 5.74) is 1.64. The van der Waals surface area contributed by atoms with E-state index in [2.05, 4.69) is 4.98 Å². The Hall–Kier alpha value is -3.08. The molecule has 0 saturated carbocycles. The molecule has 0 radical (unpaired) electrons. The maximum absolute atomic E-state index is 12.8. The monoisotopic (exact) mass is 290 g/mol. The quantitative estimate of drug-likeness (QED) is 0.504. The van der Waals surface area contributed by atoms with Crippen molar-refractivity contribution < 1.29 is 14.4 Å². The molecule has 1 aliphatic carbocycles. The molecular weight excluding hydrogens is 280 g/mol. The minimum atomic E-state index is -0.376. The molecule has 0 aromatic carbocycles. The summed E-state index contributed by atoms with van der Waals surface area (Å²) in [6, 6.07) is 8.47. The van der Waals surface area contributed by atoms with Gasteiger partial charge in [0.25, 0.3) is 0 Å². The van der Waals surface area contributed by atoms with Crippen LogP contribution in [0.5, 0.6) is 0 Å². The average molecular weight is 290 g/mol. The summed E-state index contributed by atoms with van der Waals surface area (Å²) in [6.45, 7) is 1.40. The molecule has 1 aliphatic rings. The van der Waals surface area contributed by atoms with Crippen LogP contribution in [0.25, 0.3) is 5.52 Å². The Labute approximate surface area is 125 Å². The average Bonchev–Trinajstić information content (AvgIpc) is 2.88. The van der Waals surface area contributed by atoms with Gasteiger partial charge in [-0.25, -0.2) is 0 Å². The predicted octanol–water partition coefficient (Wildman–Crippen LogP) is 2.31. The number of hydrogen-bond acceptors (Lipinski definition) is 4. The molecule has 0 saturated heterocycles. The summed E-state index contributed by atoms with van der Waals surface area (Å²) in [7, 11) is 0. The predicted molar refractivity (Wildman–Crippen MR) is 78.5 cm³/mol. The van der Waals surface area contributed by atoms with Gasteiger partial charge in [-0.2, -0.15) is 0 Å². The van der Waals surface area contributed by atoms with Crippen LogP contribution in [0, 0.1) is 0 Å². The van der Waals surface area contributed by atoms with Gasteiger partial charge in [0, 0.05) is 12.4 Å². The van der Waals surface area contributed by atoms with E-state index in [1.807, 2.05) is 0 Å². The highest BCUT2D eigenvalue weighted by Crippen LogP contribution is 2.32. The smallest absolute Gasteiger partial charge is 0.215 e. The Balaban J connectivity index is 2.20. The van der Waals surface area contributed by atoms with E-state index in [1.165, 1.54) is 13.1 Å². The maximum Gasteiger partial charge on any atom is 0.215 e. The summed E-state index contributed by atoms with van der Waals surface area (Å²) < 4.78 is 1.61. The summed E-state index contributed by atoms with van der Waals surface area (Å²) in [6.07, 6.45) is 3.16. The lowest BCUT2D eigenvalue weighted by molar-refractivity contribution is 0.0964. The molecule has 5 heteroatoms. The first kappa shape index (κ1) is 12.6. The van der Waals surface area contributed by atoms with Crippen LogP contribution in [0.15, 0.2) is 42.7 Å². The first-order chi connectivity index (χ1) is 10.6. The molecule has 0 atom stereocenters. The minimum Gasteiger partial charge on any atom is -0.312 e. The lowest BCUT2D eigenvalue weighted by Crippen LogP contribution is -2.23. The van der Waals surface area contributed by atoms with Gasteiger partial charge >= 0.3 is 0 Å². The fourth-order valence-corrected chi connectivity index (χ4v) is 3.02. The number of rotatable bonds is 1. The zero-order valence-corrected chi connectivity index (χ0v) is 11.7. The molecule has 3 heterocycles. The van der Waals surface area contributed by atoms with E-state index in [0.29, 0.717) is 5.52 Å². The lowest BCUT2D eigenvalue weighted by atomic mass is 9.89. The molecule has 106 valence electrons. The van der Waals surface area contributed by atoms with Crippen LogP contribution in [0.1, 0.15) is 49.4 Å². The Kier molecular flexibility index (Phi) is 2.42. The molecule has 22 heavy (non-hydrogen) atoms. The number of nitrogens with zero attached hydrogens (tertiary/aromatic N) is 2. The lowest BCUT2D eigenvalue weighted by Gasteiger charge is -2.14. The standard InChI is InChI=1S/C17H10N2O3/c1-9(20)12-11-6-2-3-8-19(11)15-13(12)17(22)14-10(16(15)21)5-4-7-18-14/h2-8H,1H3. The first-order valence-corrected chi connectivity index (χ1v) is 6.79. The number of fused-ring (bicyclic) bond motifs is 4. The van der Waals surface area contributed by atoms with Crippen LogP contribution in [-0.4, -0.2) is 26.7 Å². The fourth-order valence-electron chi connectivity index (χ4n) is 3.02. The Morgan fingerprint density at radius 2 is 1.91 bits per heavy atom. The van der Waals surface area contributed by atoms with Crippen LogP contribution in [0.2, 0.25) is 0 Å². The van der Waals surface area contributed by atoms with Gasteiger partial charge in [-0.15, -0.1) is 0 Å². The van der Waals surface area contributed by atoms with Crippen molar-refractivity contribution in [3.05, 3.63) is 70.8 Å². The van der Waals surface area contributed by atoms with E-state index in [1.54, 1.807) is 40.9 Å². The topological polar surface area (TPSA) is 68.5 Å². The van der Waals surface area contributed by atoms with Gasteiger partial charge in [-0.1, -0.05) is 6.07 Å². The van der Waals surface area contributed by atoms with Crippen molar-refractivity contribution in [2.24, 2.45) is 0 Å². The number of Topliss-reactive ketones (excluding diaryl/α,β-unsaturated/α-hetero) is 1. The normalized spacial score (nSPS) is 13.1. The summed E-state index contributed by atoms with van der Waals surface area (Å²) in [5, 5.41) is 0. The summed E-state index contributed by atoms with van der Waals surface area (Å²) in [5.74, 6) is -0.906. The Morgan fingerprint density at radius 3 is 2.68 bits per heavy atom. The van der Waals surface area contributed by atoms with Crippen molar-refractivity contribution >= 4 is 22.9 Å². The van der Waals surface area contributed by atoms with Crippen molar-refractivity contribution in [2.45, 2.75) is 6.92 Å². The second-order valence-corrected chi connectivity index (χ2v) is 5.17. The number of aromatic nitrogens is 2. The second-order valence-electron chi connectivity index (χ2n) is 5.17. The third kappa shape index (κ3) is 1.42. The fraction of sp³-hybridized carbons (Fsp3) is 0.0588. The van der Waals surface area contributed by atoms with Crippen molar-refractivity contribution in [2.75, 3.05) is 0 Å². The number of pyridine rings is 2. The van der Waals surface area contributed by atoms with Gasteiger partial charge in [0.1, 0.15) is 11.4 Å². The van der Waals surface area contributed by atoms with Crippen LogP contribution in [0.4, 0.5) is 0 Å². The van der Waals surface area contributed by atoms with E-state index < -0.39 is 0 Å². The molecule has 5 nitrogen and oxygen atoms in total. The van der Waals surface area contributed by atoms with Gasteiger partial charge in [-0.05, 0) is 31.2 Å². The molecule has 0 bridgehead atoms. The van der Waals surface area contributed by atoms with Gasteiger partial charge in [0.15, 0.2) is 5.78 Å². The molecule has 4 rings (SSSR count). The van der Waals surface area contributed by atoms with Crippen LogP contribution in [-0.2, 0) is 0 Å². The van der Waals surface area contributed by atoms with E-state index in [9.17, 15) is 14.4 Å². The molecule has 0 N–H and O–H groups in total.